The van der Waals surface area contributed by atoms with Gasteiger partial charge >= 0.3 is 11.9 Å². The molecular formula is C13H23NO6S. The van der Waals surface area contributed by atoms with Gasteiger partial charge in [0.15, 0.2) is 0 Å². The summed E-state index contributed by atoms with van der Waals surface area (Å²) >= 11 is 0. The lowest BCUT2D eigenvalue weighted by Gasteiger charge is -2.36. The second-order valence-electron chi connectivity index (χ2n) is 5.56. The van der Waals surface area contributed by atoms with E-state index < -0.39 is 33.3 Å². The van der Waals surface area contributed by atoms with Gasteiger partial charge < -0.3 is 9.84 Å². The summed E-state index contributed by atoms with van der Waals surface area (Å²) in [7, 11) is -3.85. The fraction of sp³-hybridized carbons (Fsp3) is 0.846. The predicted octanol–water partition coefficient (Wildman–Crippen LogP) is 0.892. The van der Waals surface area contributed by atoms with Gasteiger partial charge in [-0.15, -0.1) is 0 Å². The highest BCUT2D eigenvalue weighted by Gasteiger charge is 2.44. The van der Waals surface area contributed by atoms with Crippen molar-refractivity contribution in [2.45, 2.75) is 51.5 Å². The molecule has 1 aliphatic carbocycles. The van der Waals surface area contributed by atoms with Gasteiger partial charge in [0.05, 0.1) is 18.8 Å². The van der Waals surface area contributed by atoms with Gasteiger partial charge in [-0.05, 0) is 25.7 Å². The molecule has 0 saturated heterocycles. The maximum Gasteiger partial charge on any atom is 0.324 e. The Kier molecular flexibility index (Phi) is 6.15. The van der Waals surface area contributed by atoms with Crippen LogP contribution in [0.3, 0.4) is 0 Å². The quantitative estimate of drug-likeness (QED) is 0.674. The molecule has 1 saturated carbocycles. The van der Waals surface area contributed by atoms with E-state index in [0.29, 0.717) is 6.42 Å². The summed E-state index contributed by atoms with van der Waals surface area (Å²) < 4.78 is 31.1. The third-order valence-corrected chi connectivity index (χ3v) is 5.08. The zero-order valence-electron chi connectivity index (χ0n) is 12.4. The average Bonchev–Trinajstić information content (AvgIpc) is 2.36. The molecule has 0 aromatic heterocycles. The Morgan fingerprint density at radius 3 is 2.62 bits per heavy atom. The fourth-order valence-corrected chi connectivity index (χ4v) is 4.09. The number of ether oxygens (including phenoxy) is 1. The van der Waals surface area contributed by atoms with Crippen molar-refractivity contribution in [2.75, 3.05) is 12.4 Å². The lowest BCUT2D eigenvalue weighted by atomic mass is 9.77. The highest BCUT2D eigenvalue weighted by atomic mass is 32.2. The molecule has 122 valence electrons. The number of carbonyl (C=O) groups excluding carboxylic acids is 1. The Morgan fingerprint density at radius 1 is 1.43 bits per heavy atom. The van der Waals surface area contributed by atoms with Gasteiger partial charge in [0.1, 0.15) is 5.54 Å². The summed E-state index contributed by atoms with van der Waals surface area (Å²) in [4.78, 5) is 22.7. The van der Waals surface area contributed by atoms with Crippen molar-refractivity contribution in [3.63, 3.8) is 0 Å². The molecule has 2 unspecified atom stereocenters. The van der Waals surface area contributed by atoms with Crippen molar-refractivity contribution in [1.29, 1.82) is 0 Å². The van der Waals surface area contributed by atoms with Crippen LogP contribution >= 0.6 is 0 Å². The van der Waals surface area contributed by atoms with Gasteiger partial charge in [0, 0.05) is 0 Å². The number of carbonyl (C=O) groups is 2. The molecule has 1 fully saturated rings. The van der Waals surface area contributed by atoms with Gasteiger partial charge in [-0.2, -0.15) is 4.72 Å². The van der Waals surface area contributed by atoms with E-state index >= 15 is 0 Å². The first-order valence-electron chi connectivity index (χ1n) is 7.11. The van der Waals surface area contributed by atoms with E-state index in [9.17, 15) is 23.1 Å². The summed E-state index contributed by atoms with van der Waals surface area (Å²) in [6, 6.07) is 0. The van der Waals surface area contributed by atoms with Crippen LogP contribution in [0.25, 0.3) is 0 Å². The number of esters is 1. The molecule has 0 bridgehead atoms. The van der Waals surface area contributed by atoms with Crippen molar-refractivity contribution >= 4 is 22.0 Å². The maximum atomic E-state index is 12.0. The number of hydrogen-bond donors (Lipinski definition) is 2. The molecule has 0 aromatic carbocycles. The highest BCUT2D eigenvalue weighted by molar-refractivity contribution is 7.89. The van der Waals surface area contributed by atoms with Crippen LogP contribution in [0, 0.1) is 5.92 Å². The van der Waals surface area contributed by atoms with Crippen LogP contribution in [0.1, 0.15) is 46.0 Å². The first kappa shape index (κ1) is 17.9. The molecule has 1 aliphatic rings. The standard InChI is InChI=1S/C13H23NO6S/c1-3-20-11(15)6-8-21(18,19)14-13(12(16)17)7-4-5-10(2)9-13/h10,14H,3-9H2,1-2H3,(H,16,17). The molecule has 7 nitrogen and oxygen atoms in total. The zero-order valence-corrected chi connectivity index (χ0v) is 13.2. The number of nitrogens with one attached hydrogen (secondary N) is 1. The predicted molar refractivity (Wildman–Crippen MR) is 76.2 cm³/mol. The summed E-state index contributed by atoms with van der Waals surface area (Å²) in [6.45, 7) is 3.72. The molecule has 0 aromatic rings. The normalized spacial score (nSPS) is 26.3. The largest absolute Gasteiger partial charge is 0.480 e. The van der Waals surface area contributed by atoms with Crippen LogP contribution in [0.4, 0.5) is 0 Å². The summed E-state index contributed by atoms with van der Waals surface area (Å²) in [6.07, 6.45) is 1.80. The van der Waals surface area contributed by atoms with Gasteiger partial charge in [0.2, 0.25) is 10.0 Å². The van der Waals surface area contributed by atoms with E-state index in [1.807, 2.05) is 6.92 Å². The topological polar surface area (TPSA) is 110 Å². The Balaban J connectivity index is 2.74. The molecular weight excluding hydrogens is 298 g/mol. The molecule has 0 amide bonds. The van der Waals surface area contributed by atoms with Gasteiger partial charge in [-0.1, -0.05) is 19.8 Å². The lowest BCUT2D eigenvalue weighted by Crippen LogP contribution is -2.57. The smallest absolute Gasteiger partial charge is 0.324 e. The lowest BCUT2D eigenvalue weighted by molar-refractivity contribution is -0.146. The van der Waals surface area contributed by atoms with E-state index in [4.69, 9.17) is 0 Å². The minimum Gasteiger partial charge on any atom is -0.480 e. The van der Waals surface area contributed by atoms with Crippen LogP contribution in [0.5, 0.6) is 0 Å². The van der Waals surface area contributed by atoms with E-state index in [2.05, 4.69) is 9.46 Å². The zero-order chi connectivity index (χ0) is 16.1. The molecule has 0 heterocycles. The van der Waals surface area contributed by atoms with Crippen molar-refractivity contribution < 1.29 is 27.9 Å². The Hall–Kier alpha value is -1.15. The Labute approximate surface area is 125 Å². The van der Waals surface area contributed by atoms with Crippen LogP contribution < -0.4 is 4.72 Å². The van der Waals surface area contributed by atoms with Crippen LogP contribution in [0.15, 0.2) is 0 Å². The van der Waals surface area contributed by atoms with Crippen LogP contribution in [-0.2, 0) is 24.3 Å². The molecule has 0 aliphatic heterocycles. The van der Waals surface area contributed by atoms with E-state index in [-0.39, 0.29) is 31.8 Å². The van der Waals surface area contributed by atoms with Crippen LogP contribution in [0.2, 0.25) is 0 Å². The monoisotopic (exact) mass is 321 g/mol. The van der Waals surface area contributed by atoms with Gasteiger partial charge in [0.25, 0.3) is 0 Å². The van der Waals surface area contributed by atoms with Crippen molar-refractivity contribution in [3.05, 3.63) is 0 Å². The molecule has 2 N–H and O–H groups in total. The van der Waals surface area contributed by atoms with E-state index in [0.717, 1.165) is 6.42 Å². The van der Waals surface area contributed by atoms with Crippen LogP contribution in [-0.4, -0.2) is 43.4 Å². The number of rotatable bonds is 7. The van der Waals surface area contributed by atoms with Gasteiger partial charge in [-0.25, -0.2) is 8.42 Å². The molecule has 2 atom stereocenters. The number of carboxylic acids is 1. The van der Waals surface area contributed by atoms with E-state index in [1.54, 1.807) is 6.92 Å². The second-order valence-corrected chi connectivity index (χ2v) is 7.41. The van der Waals surface area contributed by atoms with E-state index in [1.165, 1.54) is 0 Å². The maximum absolute atomic E-state index is 12.0. The molecule has 8 heteroatoms. The highest BCUT2D eigenvalue weighted by Crippen LogP contribution is 2.33. The summed E-state index contributed by atoms with van der Waals surface area (Å²) in [5, 5.41) is 9.41. The minimum absolute atomic E-state index is 0.141. The van der Waals surface area contributed by atoms with Crippen molar-refractivity contribution in [2.24, 2.45) is 5.92 Å². The molecule has 0 spiro atoms. The Bertz CT molecular complexity index is 489. The van der Waals surface area contributed by atoms with Crippen molar-refractivity contribution in [3.8, 4) is 0 Å². The average molecular weight is 321 g/mol. The second kappa shape index (κ2) is 7.22. The summed E-state index contributed by atoms with van der Waals surface area (Å²) in [5.41, 5.74) is -1.45. The fourth-order valence-electron chi connectivity index (χ4n) is 2.68. The molecule has 21 heavy (non-hydrogen) atoms. The number of sulfonamides is 1. The third-order valence-electron chi connectivity index (χ3n) is 3.64. The van der Waals surface area contributed by atoms with Gasteiger partial charge in [-0.3, -0.25) is 9.59 Å². The number of hydrogen-bond acceptors (Lipinski definition) is 5. The number of carboxylic acid groups (broad SMARTS) is 1. The number of aliphatic carboxylic acids is 1. The summed E-state index contributed by atoms with van der Waals surface area (Å²) in [5.74, 6) is -2.09. The minimum atomic E-state index is -3.85. The third kappa shape index (κ3) is 5.28. The first-order chi connectivity index (χ1) is 9.71. The molecule has 1 rings (SSSR count). The SMILES string of the molecule is CCOC(=O)CCS(=O)(=O)NC1(C(=O)O)CCCC(C)C1. The Morgan fingerprint density at radius 2 is 2.10 bits per heavy atom. The molecule has 0 radical (unpaired) electrons. The first-order valence-corrected chi connectivity index (χ1v) is 8.76. The van der Waals surface area contributed by atoms with Crippen molar-refractivity contribution in [1.82, 2.24) is 4.72 Å².